The first-order valence-electron chi connectivity index (χ1n) is 11.8. The van der Waals surface area contributed by atoms with Gasteiger partial charge in [0.25, 0.3) is 0 Å². The predicted molar refractivity (Wildman–Crippen MR) is 119 cm³/mol. The van der Waals surface area contributed by atoms with Crippen molar-refractivity contribution in [3.8, 4) is 0 Å². The molecule has 1 amide bonds. The lowest BCUT2D eigenvalue weighted by Crippen LogP contribution is -2.47. The van der Waals surface area contributed by atoms with Crippen molar-refractivity contribution >= 4 is 21.7 Å². The van der Waals surface area contributed by atoms with Crippen LogP contribution in [0, 0.1) is 17.8 Å². The second-order valence-electron chi connectivity index (χ2n) is 9.59. The molecule has 1 aliphatic heterocycles. The highest BCUT2D eigenvalue weighted by Gasteiger charge is 2.36. The monoisotopic (exact) mass is 446 g/mol. The Balaban J connectivity index is 1.31. The molecule has 4 rings (SSSR count). The number of benzene rings is 1. The molecule has 1 heterocycles. The van der Waals surface area contributed by atoms with Crippen LogP contribution >= 0.6 is 0 Å². The molecule has 3 fully saturated rings. The quantitative estimate of drug-likeness (QED) is 0.698. The Bertz CT molecular complexity index is 921. The third-order valence-corrected chi connectivity index (χ3v) is 9.48. The Morgan fingerprint density at radius 2 is 1.68 bits per heavy atom. The third kappa shape index (κ3) is 5.03. The van der Waals surface area contributed by atoms with Crippen LogP contribution in [0.15, 0.2) is 29.2 Å². The first-order chi connectivity index (χ1) is 14.8. The molecular weight excluding hydrogens is 412 g/mol. The second kappa shape index (κ2) is 9.41. The van der Waals surface area contributed by atoms with Crippen LogP contribution in [0.3, 0.4) is 0 Å². The Kier molecular flexibility index (Phi) is 6.82. The smallest absolute Gasteiger partial charge is 0.243 e. The molecular formula is C24H34N2O4S. The molecule has 0 radical (unpaired) electrons. The van der Waals surface area contributed by atoms with Crippen LogP contribution in [0.2, 0.25) is 0 Å². The summed E-state index contributed by atoms with van der Waals surface area (Å²) >= 11 is 0. The Morgan fingerprint density at radius 3 is 2.39 bits per heavy atom. The largest absolute Gasteiger partial charge is 0.353 e. The molecule has 170 valence electrons. The van der Waals surface area contributed by atoms with E-state index in [2.05, 4.69) is 5.32 Å². The molecule has 2 saturated carbocycles. The first kappa shape index (κ1) is 22.5. The van der Waals surface area contributed by atoms with Gasteiger partial charge < -0.3 is 5.32 Å². The summed E-state index contributed by atoms with van der Waals surface area (Å²) in [7, 11) is -3.66. The maximum absolute atomic E-state index is 13.0. The van der Waals surface area contributed by atoms with E-state index < -0.39 is 10.0 Å². The summed E-state index contributed by atoms with van der Waals surface area (Å²) in [6.45, 7) is 2.09. The fourth-order valence-corrected chi connectivity index (χ4v) is 7.22. The standard InChI is InChI=1S/C24H34N2O4S/c1-17(27)20-7-4-8-23(16-20)31(29,30)26-13-11-19(12-14-26)24(28)25-22-10-9-18-5-2-3-6-21(18)15-22/h4,7-8,16,18-19,21-22H,2-3,5-6,9-15H2,1H3,(H,25,28)/t18-,21-,22-/m1/s1. The summed E-state index contributed by atoms with van der Waals surface area (Å²) in [6.07, 6.45) is 9.83. The number of carbonyl (C=O) groups is 2. The highest BCUT2D eigenvalue weighted by Crippen LogP contribution is 2.40. The molecule has 0 aromatic heterocycles. The molecule has 31 heavy (non-hydrogen) atoms. The molecule has 3 atom stereocenters. The summed E-state index contributed by atoms with van der Waals surface area (Å²) in [5.74, 6) is 1.44. The molecule has 0 unspecified atom stereocenters. The van der Waals surface area contributed by atoms with Crippen molar-refractivity contribution in [2.24, 2.45) is 17.8 Å². The molecule has 2 aliphatic carbocycles. The molecule has 1 aromatic carbocycles. The number of nitrogens with zero attached hydrogens (tertiary/aromatic N) is 1. The minimum atomic E-state index is -3.66. The van der Waals surface area contributed by atoms with E-state index in [0.717, 1.165) is 24.7 Å². The van der Waals surface area contributed by atoms with E-state index in [4.69, 9.17) is 0 Å². The molecule has 7 heteroatoms. The van der Waals surface area contributed by atoms with Gasteiger partial charge in [-0.25, -0.2) is 8.42 Å². The molecule has 0 bridgehead atoms. The number of piperidine rings is 1. The molecule has 1 saturated heterocycles. The van der Waals surface area contributed by atoms with Gasteiger partial charge in [-0.1, -0.05) is 37.8 Å². The van der Waals surface area contributed by atoms with Gasteiger partial charge in [0.1, 0.15) is 0 Å². The summed E-state index contributed by atoms with van der Waals surface area (Å²) < 4.78 is 27.5. The maximum Gasteiger partial charge on any atom is 0.243 e. The van der Waals surface area contributed by atoms with Crippen molar-refractivity contribution in [1.82, 2.24) is 9.62 Å². The minimum absolute atomic E-state index is 0.0925. The van der Waals surface area contributed by atoms with Gasteiger partial charge in [0.05, 0.1) is 4.90 Å². The zero-order valence-electron chi connectivity index (χ0n) is 18.4. The second-order valence-corrected chi connectivity index (χ2v) is 11.5. The Hall–Kier alpha value is -1.73. The van der Waals surface area contributed by atoms with Crippen LogP contribution in [0.25, 0.3) is 0 Å². The fourth-order valence-electron chi connectivity index (χ4n) is 5.71. The zero-order chi connectivity index (χ0) is 22.0. The Morgan fingerprint density at radius 1 is 0.968 bits per heavy atom. The first-order valence-corrected chi connectivity index (χ1v) is 13.2. The average molecular weight is 447 g/mol. The van der Waals surface area contributed by atoms with Crippen LogP contribution in [0.1, 0.15) is 75.1 Å². The van der Waals surface area contributed by atoms with Crippen LogP contribution in [0.5, 0.6) is 0 Å². The average Bonchev–Trinajstić information content (AvgIpc) is 2.79. The van der Waals surface area contributed by atoms with E-state index in [-0.39, 0.29) is 28.5 Å². The SMILES string of the molecule is CC(=O)c1cccc(S(=O)(=O)N2CCC(C(=O)N[C@@H]3CC[C@H]4CCCC[C@@H]4C3)CC2)c1. The number of hydrogen-bond donors (Lipinski definition) is 1. The van der Waals surface area contributed by atoms with Crippen molar-refractivity contribution in [3.05, 3.63) is 29.8 Å². The van der Waals surface area contributed by atoms with Crippen molar-refractivity contribution < 1.29 is 18.0 Å². The molecule has 1 N–H and O–H groups in total. The molecule has 1 aromatic rings. The summed E-state index contributed by atoms with van der Waals surface area (Å²) in [6, 6.07) is 6.48. The van der Waals surface area contributed by atoms with Gasteiger partial charge in [-0.3, -0.25) is 9.59 Å². The van der Waals surface area contributed by atoms with E-state index in [9.17, 15) is 18.0 Å². The number of fused-ring (bicyclic) bond motifs is 1. The number of amides is 1. The molecule has 6 nitrogen and oxygen atoms in total. The van der Waals surface area contributed by atoms with Gasteiger partial charge in [0.15, 0.2) is 5.78 Å². The Labute approximate surface area is 185 Å². The van der Waals surface area contributed by atoms with E-state index >= 15 is 0 Å². The lowest BCUT2D eigenvalue weighted by molar-refractivity contribution is -0.127. The summed E-state index contributed by atoms with van der Waals surface area (Å²) in [5.41, 5.74) is 0.392. The van der Waals surface area contributed by atoms with Crippen LogP contribution in [-0.4, -0.2) is 43.5 Å². The molecule has 0 spiro atoms. The topological polar surface area (TPSA) is 83.6 Å². The van der Waals surface area contributed by atoms with Crippen molar-refractivity contribution in [2.45, 2.75) is 75.6 Å². The number of Topliss-reactive ketones (excluding diaryl/α,β-unsaturated/α-hetero) is 1. The highest BCUT2D eigenvalue weighted by atomic mass is 32.2. The third-order valence-electron chi connectivity index (χ3n) is 7.59. The number of rotatable bonds is 5. The van der Waals surface area contributed by atoms with Crippen LogP contribution < -0.4 is 5.32 Å². The van der Waals surface area contributed by atoms with E-state index in [1.807, 2.05) is 0 Å². The minimum Gasteiger partial charge on any atom is -0.353 e. The number of sulfonamides is 1. The fraction of sp³-hybridized carbons (Fsp3) is 0.667. The van der Waals surface area contributed by atoms with Crippen molar-refractivity contribution in [3.63, 3.8) is 0 Å². The lowest BCUT2D eigenvalue weighted by atomic mass is 9.69. The van der Waals surface area contributed by atoms with Crippen molar-refractivity contribution in [2.75, 3.05) is 13.1 Å². The van der Waals surface area contributed by atoms with E-state index in [1.165, 1.54) is 55.5 Å². The summed E-state index contributed by atoms with van der Waals surface area (Å²) in [4.78, 5) is 24.6. The molecule has 3 aliphatic rings. The van der Waals surface area contributed by atoms with Gasteiger partial charge in [0.2, 0.25) is 15.9 Å². The number of carbonyl (C=O) groups excluding carboxylic acids is 2. The maximum atomic E-state index is 13.0. The van der Waals surface area contributed by atoms with Gasteiger partial charge >= 0.3 is 0 Å². The van der Waals surface area contributed by atoms with Gasteiger partial charge in [-0.15, -0.1) is 0 Å². The predicted octanol–water partition coefficient (Wildman–Crippen LogP) is 3.77. The van der Waals surface area contributed by atoms with Gasteiger partial charge in [-0.05, 0) is 63.0 Å². The normalized spacial score (nSPS) is 28.0. The lowest BCUT2D eigenvalue weighted by Gasteiger charge is -2.40. The van der Waals surface area contributed by atoms with Crippen LogP contribution in [-0.2, 0) is 14.8 Å². The number of hydrogen-bond acceptors (Lipinski definition) is 4. The van der Waals surface area contributed by atoms with Gasteiger partial charge in [-0.2, -0.15) is 4.31 Å². The van der Waals surface area contributed by atoms with Gasteiger partial charge in [0, 0.05) is 30.6 Å². The van der Waals surface area contributed by atoms with Crippen molar-refractivity contribution in [1.29, 1.82) is 0 Å². The zero-order valence-corrected chi connectivity index (χ0v) is 19.2. The number of nitrogens with one attached hydrogen (secondary N) is 1. The van der Waals surface area contributed by atoms with E-state index in [1.54, 1.807) is 12.1 Å². The summed E-state index contributed by atoms with van der Waals surface area (Å²) in [5, 5.41) is 3.28. The van der Waals surface area contributed by atoms with Crippen LogP contribution in [0.4, 0.5) is 0 Å². The van der Waals surface area contributed by atoms with E-state index in [0.29, 0.717) is 31.5 Å². The number of ketones is 1. The highest BCUT2D eigenvalue weighted by molar-refractivity contribution is 7.89.